The molecular formula is C11H6F5NO3. The molecule has 0 spiro atoms. The molecule has 20 heavy (non-hydrogen) atoms. The van der Waals surface area contributed by atoms with Crippen LogP contribution in [0.2, 0.25) is 0 Å². The number of benzene rings is 1. The van der Waals surface area contributed by atoms with Gasteiger partial charge in [-0.05, 0) is 12.1 Å². The third kappa shape index (κ3) is 3.57. The van der Waals surface area contributed by atoms with Gasteiger partial charge in [0.1, 0.15) is 11.8 Å². The number of nitrogens with zero attached hydrogens (tertiary/aromatic N) is 1. The van der Waals surface area contributed by atoms with E-state index in [9.17, 15) is 26.7 Å². The van der Waals surface area contributed by atoms with Crippen molar-refractivity contribution in [1.82, 2.24) is 0 Å². The number of esters is 1. The molecule has 9 heteroatoms. The maximum absolute atomic E-state index is 12.7. The Kier molecular flexibility index (Phi) is 4.49. The fourth-order valence-corrected chi connectivity index (χ4v) is 1.36. The average molecular weight is 295 g/mol. The third-order valence-electron chi connectivity index (χ3n) is 2.14. The largest absolute Gasteiger partial charge is 0.573 e. The van der Waals surface area contributed by atoms with Gasteiger partial charge in [-0.25, -0.2) is 13.6 Å². The lowest BCUT2D eigenvalue weighted by Crippen LogP contribution is -2.19. The van der Waals surface area contributed by atoms with E-state index in [1.54, 1.807) is 0 Å². The van der Waals surface area contributed by atoms with Crippen molar-refractivity contribution in [3.63, 3.8) is 0 Å². The van der Waals surface area contributed by atoms with E-state index >= 15 is 0 Å². The number of carbonyl (C=O) groups is 1. The van der Waals surface area contributed by atoms with Crippen molar-refractivity contribution in [2.24, 2.45) is 0 Å². The highest BCUT2D eigenvalue weighted by Crippen LogP contribution is 2.33. The van der Waals surface area contributed by atoms with Gasteiger partial charge in [0.15, 0.2) is 0 Å². The second kappa shape index (κ2) is 5.73. The van der Waals surface area contributed by atoms with Crippen molar-refractivity contribution in [2.45, 2.75) is 12.8 Å². The fourth-order valence-electron chi connectivity index (χ4n) is 1.36. The number of methoxy groups -OCH3 is 1. The Labute approximate surface area is 109 Å². The smallest absolute Gasteiger partial charge is 0.465 e. The summed E-state index contributed by atoms with van der Waals surface area (Å²) in [6.45, 7) is 0. The van der Waals surface area contributed by atoms with Crippen molar-refractivity contribution in [3.05, 3.63) is 28.8 Å². The van der Waals surface area contributed by atoms with Gasteiger partial charge >= 0.3 is 12.3 Å². The highest BCUT2D eigenvalue weighted by molar-refractivity contribution is 5.92. The summed E-state index contributed by atoms with van der Waals surface area (Å²) >= 11 is 0. The molecule has 0 bridgehead atoms. The molecule has 108 valence electrons. The van der Waals surface area contributed by atoms with Crippen LogP contribution in [0.15, 0.2) is 12.1 Å². The Morgan fingerprint density at radius 2 is 1.95 bits per heavy atom. The van der Waals surface area contributed by atoms with E-state index < -0.39 is 41.2 Å². The van der Waals surface area contributed by atoms with Crippen LogP contribution in [0.1, 0.15) is 27.9 Å². The number of halogens is 5. The quantitative estimate of drug-likeness (QED) is 0.634. The Bertz CT molecular complexity index is 562. The second-order valence-electron chi connectivity index (χ2n) is 3.39. The average Bonchev–Trinajstić information content (AvgIpc) is 2.35. The van der Waals surface area contributed by atoms with Crippen molar-refractivity contribution in [1.29, 1.82) is 5.26 Å². The maximum Gasteiger partial charge on any atom is 0.573 e. The van der Waals surface area contributed by atoms with Gasteiger partial charge in [0.25, 0.3) is 6.43 Å². The first-order valence-corrected chi connectivity index (χ1v) is 4.90. The van der Waals surface area contributed by atoms with Crippen LogP contribution in [-0.2, 0) is 4.74 Å². The third-order valence-corrected chi connectivity index (χ3v) is 2.14. The van der Waals surface area contributed by atoms with Gasteiger partial charge in [0.2, 0.25) is 0 Å². The zero-order chi connectivity index (χ0) is 15.5. The maximum atomic E-state index is 12.7. The molecule has 0 aromatic heterocycles. The van der Waals surface area contributed by atoms with E-state index in [-0.39, 0.29) is 0 Å². The molecule has 1 aromatic rings. The van der Waals surface area contributed by atoms with Gasteiger partial charge < -0.3 is 9.47 Å². The van der Waals surface area contributed by atoms with Crippen LogP contribution in [0.4, 0.5) is 22.0 Å². The number of hydrogen-bond acceptors (Lipinski definition) is 4. The van der Waals surface area contributed by atoms with Crippen molar-refractivity contribution in [3.8, 4) is 11.8 Å². The summed E-state index contributed by atoms with van der Waals surface area (Å²) in [7, 11) is 0.875. The van der Waals surface area contributed by atoms with Gasteiger partial charge in [-0.3, -0.25) is 0 Å². The van der Waals surface area contributed by atoms with E-state index in [0.29, 0.717) is 12.1 Å². The molecule has 0 atom stereocenters. The van der Waals surface area contributed by atoms with E-state index in [1.807, 2.05) is 0 Å². The van der Waals surface area contributed by atoms with Gasteiger partial charge in [-0.2, -0.15) is 5.26 Å². The van der Waals surface area contributed by atoms with Crippen LogP contribution in [0.5, 0.6) is 5.75 Å². The highest BCUT2D eigenvalue weighted by Gasteiger charge is 2.33. The first kappa shape index (κ1) is 15.7. The molecule has 0 aliphatic carbocycles. The molecule has 0 N–H and O–H groups in total. The van der Waals surface area contributed by atoms with Gasteiger partial charge in [0.05, 0.1) is 18.2 Å². The second-order valence-corrected chi connectivity index (χ2v) is 3.39. The Morgan fingerprint density at radius 3 is 2.35 bits per heavy atom. The molecule has 0 heterocycles. The zero-order valence-corrected chi connectivity index (χ0v) is 9.79. The minimum atomic E-state index is -5.13. The number of alkyl halides is 5. The summed E-state index contributed by atoms with van der Waals surface area (Å²) in [4.78, 5) is 11.3. The van der Waals surface area contributed by atoms with Gasteiger partial charge in [-0.1, -0.05) is 0 Å². The molecule has 0 saturated carbocycles. The van der Waals surface area contributed by atoms with Gasteiger partial charge in [-0.15, -0.1) is 13.2 Å². The first-order valence-electron chi connectivity index (χ1n) is 4.90. The van der Waals surface area contributed by atoms with Crippen LogP contribution in [0, 0.1) is 11.3 Å². The van der Waals surface area contributed by atoms with Crippen LogP contribution in [0.25, 0.3) is 0 Å². The predicted molar refractivity (Wildman–Crippen MR) is 54.1 cm³/mol. The highest BCUT2D eigenvalue weighted by atomic mass is 19.4. The minimum absolute atomic E-state index is 0.402. The SMILES string of the molecule is COC(=O)c1cc(OC(F)(F)F)c(C#N)cc1C(F)F. The van der Waals surface area contributed by atoms with E-state index in [4.69, 9.17) is 5.26 Å². The van der Waals surface area contributed by atoms with E-state index in [0.717, 1.165) is 7.11 Å². The van der Waals surface area contributed by atoms with E-state index in [2.05, 4.69) is 9.47 Å². The van der Waals surface area contributed by atoms with Crippen molar-refractivity contribution < 1.29 is 36.2 Å². The number of ether oxygens (including phenoxy) is 2. The Balaban J connectivity index is 3.47. The number of nitriles is 1. The van der Waals surface area contributed by atoms with Crippen LogP contribution >= 0.6 is 0 Å². The molecule has 1 aromatic carbocycles. The zero-order valence-electron chi connectivity index (χ0n) is 9.79. The molecule has 0 radical (unpaired) electrons. The first-order chi connectivity index (χ1) is 9.19. The molecule has 4 nitrogen and oxygen atoms in total. The molecular weight excluding hydrogens is 289 g/mol. The lowest BCUT2D eigenvalue weighted by Gasteiger charge is -2.14. The summed E-state index contributed by atoms with van der Waals surface area (Å²) in [6, 6.07) is 2.15. The standard InChI is InChI=1S/C11H6F5NO3/c1-19-10(18)7-3-8(20-11(14,15)16)5(4-17)2-6(7)9(12)13/h2-3,9H,1H3. The van der Waals surface area contributed by atoms with Gasteiger partial charge in [0, 0.05) is 5.56 Å². The Hall–Kier alpha value is -2.37. The lowest BCUT2D eigenvalue weighted by atomic mass is 10.0. The molecule has 0 aliphatic rings. The predicted octanol–water partition coefficient (Wildman–Crippen LogP) is 3.18. The topological polar surface area (TPSA) is 59.3 Å². The monoisotopic (exact) mass is 295 g/mol. The Morgan fingerprint density at radius 1 is 1.35 bits per heavy atom. The summed E-state index contributed by atoms with van der Waals surface area (Å²) in [5.41, 5.74) is -2.49. The summed E-state index contributed by atoms with van der Waals surface area (Å²) < 4.78 is 69.6. The fraction of sp³-hybridized carbons (Fsp3) is 0.273. The molecule has 1 rings (SSSR count). The van der Waals surface area contributed by atoms with E-state index in [1.165, 1.54) is 6.07 Å². The number of hydrogen-bond donors (Lipinski definition) is 0. The molecule has 0 aliphatic heterocycles. The lowest BCUT2D eigenvalue weighted by molar-refractivity contribution is -0.274. The number of rotatable bonds is 3. The minimum Gasteiger partial charge on any atom is -0.465 e. The normalized spacial score (nSPS) is 11.1. The molecule has 0 fully saturated rings. The summed E-state index contributed by atoms with van der Waals surface area (Å²) in [6.07, 6.45) is -8.30. The van der Waals surface area contributed by atoms with Crippen LogP contribution in [-0.4, -0.2) is 19.4 Å². The van der Waals surface area contributed by atoms with Crippen molar-refractivity contribution in [2.75, 3.05) is 7.11 Å². The van der Waals surface area contributed by atoms with Crippen LogP contribution < -0.4 is 4.74 Å². The summed E-state index contributed by atoms with van der Waals surface area (Å²) in [5, 5.41) is 8.65. The van der Waals surface area contributed by atoms with Crippen molar-refractivity contribution >= 4 is 5.97 Å². The summed E-state index contributed by atoms with van der Waals surface area (Å²) in [5.74, 6) is -2.32. The molecule has 0 saturated heterocycles. The van der Waals surface area contributed by atoms with Crippen LogP contribution in [0.3, 0.4) is 0 Å². The molecule has 0 amide bonds. The molecule has 0 unspecified atom stereocenters. The number of carbonyl (C=O) groups excluding carboxylic acids is 1.